The molecule has 2 nitrogen and oxygen atoms in total. The molecule has 1 aromatic carbocycles. The van der Waals surface area contributed by atoms with Crippen LogP contribution in [0.2, 0.25) is 0 Å². The molecule has 1 N–H and O–H groups in total. The van der Waals surface area contributed by atoms with E-state index in [4.69, 9.17) is 0 Å². The van der Waals surface area contributed by atoms with Crippen LogP contribution in [0.5, 0.6) is 0 Å². The van der Waals surface area contributed by atoms with Gasteiger partial charge < -0.3 is 5.32 Å². The molecule has 0 saturated heterocycles. The van der Waals surface area contributed by atoms with Crippen LogP contribution in [0.25, 0.3) is 0 Å². The van der Waals surface area contributed by atoms with Gasteiger partial charge in [0.1, 0.15) is 0 Å². The molecule has 1 atom stereocenters. The normalized spacial score (nSPS) is 21.6. The van der Waals surface area contributed by atoms with Crippen LogP contribution in [0, 0.1) is 11.3 Å². The minimum Gasteiger partial charge on any atom is -0.352 e. The van der Waals surface area contributed by atoms with Gasteiger partial charge in [0, 0.05) is 17.0 Å². The molecular weight excluding hydrogens is 218 g/mol. The largest absolute Gasteiger partial charge is 0.352 e. The van der Waals surface area contributed by atoms with Crippen molar-refractivity contribution in [3.05, 3.63) is 29.8 Å². The van der Waals surface area contributed by atoms with Crippen LogP contribution in [0.4, 0.5) is 0 Å². The molecule has 0 heterocycles. The maximum atomic E-state index is 11.8. The van der Waals surface area contributed by atoms with Crippen molar-refractivity contribution in [2.24, 2.45) is 11.3 Å². The first-order valence-corrected chi connectivity index (χ1v) is 6.01. The Labute approximate surface area is 102 Å². The summed E-state index contributed by atoms with van der Waals surface area (Å²) in [7, 11) is 0. The predicted molar refractivity (Wildman–Crippen MR) is 67.9 cm³/mol. The van der Waals surface area contributed by atoms with Crippen molar-refractivity contribution in [1.82, 2.24) is 5.32 Å². The van der Waals surface area contributed by atoms with Crippen molar-refractivity contribution >= 4 is 18.5 Å². The van der Waals surface area contributed by atoms with E-state index >= 15 is 0 Å². The lowest BCUT2D eigenvalue weighted by atomic mass is 10.1. The monoisotopic (exact) mass is 235 g/mol. The topological polar surface area (TPSA) is 29.1 Å². The summed E-state index contributed by atoms with van der Waals surface area (Å²) >= 11 is 4.22. The van der Waals surface area contributed by atoms with Crippen molar-refractivity contribution in [3.63, 3.8) is 0 Å². The third-order valence-corrected chi connectivity index (χ3v) is 3.61. The van der Waals surface area contributed by atoms with Crippen LogP contribution in [0.3, 0.4) is 0 Å². The summed E-state index contributed by atoms with van der Waals surface area (Å²) in [6, 6.07) is 7.31. The third kappa shape index (κ3) is 2.59. The van der Waals surface area contributed by atoms with Gasteiger partial charge in [0.05, 0.1) is 0 Å². The second-order valence-electron chi connectivity index (χ2n) is 5.15. The highest BCUT2D eigenvalue weighted by atomic mass is 32.1. The van der Waals surface area contributed by atoms with Gasteiger partial charge in [0.25, 0.3) is 5.91 Å². The van der Waals surface area contributed by atoms with Gasteiger partial charge in [-0.15, -0.1) is 12.6 Å². The van der Waals surface area contributed by atoms with Crippen LogP contribution < -0.4 is 5.32 Å². The molecule has 1 aliphatic rings. The highest BCUT2D eigenvalue weighted by Crippen LogP contribution is 2.50. The molecular formula is C13H17NOS. The molecule has 1 aromatic rings. The molecule has 3 heteroatoms. The Morgan fingerprint density at radius 3 is 2.81 bits per heavy atom. The van der Waals surface area contributed by atoms with Crippen LogP contribution in [-0.2, 0) is 0 Å². The summed E-state index contributed by atoms with van der Waals surface area (Å²) in [4.78, 5) is 12.6. The zero-order valence-electron chi connectivity index (χ0n) is 9.66. The predicted octanol–water partition coefficient (Wildman–Crippen LogP) is 2.75. The van der Waals surface area contributed by atoms with E-state index < -0.39 is 0 Å². The summed E-state index contributed by atoms with van der Waals surface area (Å²) in [5, 5.41) is 2.97. The van der Waals surface area contributed by atoms with Crippen molar-refractivity contribution < 1.29 is 4.79 Å². The van der Waals surface area contributed by atoms with Crippen LogP contribution in [-0.4, -0.2) is 12.5 Å². The number of carbonyl (C=O) groups excluding carboxylic acids is 1. The van der Waals surface area contributed by atoms with Gasteiger partial charge in [0.2, 0.25) is 0 Å². The second kappa shape index (κ2) is 4.13. The highest BCUT2D eigenvalue weighted by molar-refractivity contribution is 7.80. The maximum absolute atomic E-state index is 11.8. The van der Waals surface area contributed by atoms with E-state index in [1.807, 2.05) is 18.2 Å². The first-order chi connectivity index (χ1) is 7.49. The number of carbonyl (C=O) groups is 1. The van der Waals surface area contributed by atoms with Gasteiger partial charge in [-0.2, -0.15) is 0 Å². The Morgan fingerprint density at radius 1 is 1.56 bits per heavy atom. The Kier molecular flexibility index (Phi) is 2.98. The van der Waals surface area contributed by atoms with Crippen LogP contribution >= 0.6 is 12.6 Å². The maximum Gasteiger partial charge on any atom is 0.251 e. The minimum absolute atomic E-state index is 0.00130. The van der Waals surface area contributed by atoms with E-state index in [0.717, 1.165) is 11.4 Å². The minimum atomic E-state index is -0.00130. The first-order valence-electron chi connectivity index (χ1n) is 5.56. The number of thiol groups is 1. The molecule has 2 rings (SSSR count). The summed E-state index contributed by atoms with van der Waals surface area (Å²) in [6.07, 6.45) is 1.21. The quantitative estimate of drug-likeness (QED) is 0.775. The molecule has 16 heavy (non-hydrogen) atoms. The molecule has 1 fully saturated rings. The number of hydrogen-bond donors (Lipinski definition) is 2. The fourth-order valence-electron chi connectivity index (χ4n) is 1.89. The van der Waals surface area contributed by atoms with Gasteiger partial charge in [-0.3, -0.25) is 4.79 Å². The van der Waals surface area contributed by atoms with Crippen LogP contribution in [0.1, 0.15) is 30.6 Å². The van der Waals surface area contributed by atoms with Crippen molar-refractivity contribution in [2.45, 2.75) is 25.2 Å². The van der Waals surface area contributed by atoms with E-state index in [1.165, 1.54) is 6.42 Å². The van der Waals surface area contributed by atoms with Crippen molar-refractivity contribution in [2.75, 3.05) is 6.54 Å². The fraction of sp³-hybridized carbons (Fsp3) is 0.462. The zero-order valence-corrected chi connectivity index (χ0v) is 10.6. The number of rotatable bonds is 3. The molecule has 1 aliphatic carbocycles. The van der Waals surface area contributed by atoms with E-state index in [9.17, 15) is 4.79 Å². The average molecular weight is 235 g/mol. The van der Waals surface area contributed by atoms with E-state index in [1.54, 1.807) is 6.07 Å². The van der Waals surface area contributed by atoms with E-state index in [0.29, 0.717) is 16.9 Å². The number of amides is 1. The second-order valence-corrected chi connectivity index (χ2v) is 5.67. The number of hydrogen-bond acceptors (Lipinski definition) is 2. The SMILES string of the molecule is CC1(C)CC1CNC(=O)c1cccc(S)c1. The smallest absolute Gasteiger partial charge is 0.251 e. The molecule has 0 radical (unpaired) electrons. The molecule has 0 bridgehead atoms. The van der Waals surface area contributed by atoms with Gasteiger partial charge in [0.15, 0.2) is 0 Å². The Bertz CT molecular complexity index is 414. The lowest BCUT2D eigenvalue weighted by Crippen LogP contribution is -2.26. The van der Waals surface area contributed by atoms with E-state index in [-0.39, 0.29) is 5.91 Å². The standard InChI is InChI=1S/C13H17NOS/c1-13(2)7-10(13)8-14-12(15)9-4-3-5-11(16)6-9/h3-6,10,16H,7-8H2,1-2H3,(H,14,15). The first kappa shape index (κ1) is 11.5. The molecule has 1 amide bonds. The zero-order chi connectivity index (χ0) is 11.8. The number of nitrogens with one attached hydrogen (secondary N) is 1. The molecule has 0 spiro atoms. The molecule has 1 saturated carbocycles. The molecule has 0 aromatic heterocycles. The summed E-state index contributed by atoms with van der Waals surface area (Å²) in [5.41, 5.74) is 1.10. The van der Waals surface area contributed by atoms with Crippen LogP contribution in [0.15, 0.2) is 29.2 Å². The van der Waals surface area contributed by atoms with Crippen molar-refractivity contribution in [3.8, 4) is 0 Å². The highest BCUT2D eigenvalue weighted by Gasteiger charge is 2.45. The fourth-order valence-corrected chi connectivity index (χ4v) is 2.11. The van der Waals surface area contributed by atoms with Gasteiger partial charge >= 0.3 is 0 Å². The van der Waals surface area contributed by atoms with Gasteiger partial charge in [-0.05, 0) is 36.0 Å². The molecule has 1 unspecified atom stereocenters. The summed E-state index contributed by atoms with van der Waals surface area (Å²) in [5.74, 6) is 0.634. The summed E-state index contributed by atoms with van der Waals surface area (Å²) in [6.45, 7) is 5.25. The Hall–Kier alpha value is -0.960. The van der Waals surface area contributed by atoms with Crippen molar-refractivity contribution in [1.29, 1.82) is 0 Å². The Morgan fingerprint density at radius 2 is 2.25 bits per heavy atom. The molecule has 86 valence electrons. The average Bonchev–Trinajstić information content (AvgIpc) is 2.83. The molecule has 0 aliphatic heterocycles. The third-order valence-electron chi connectivity index (χ3n) is 3.33. The van der Waals surface area contributed by atoms with Gasteiger partial charge in [-0.25, -0.2) is 0 Å². The van der Waals surface area contributed by atoms with E-state index in [2.05, 4.69) is 31.8 Å². The lowest BCUT2D eigenvalue weighted by Gasteiger charge is -2.06. The van der Waals surface area contributed by atoms with Gasteiger partial charge in [-0.1, -0.05) is 19.9 Å². The summed E-state index contributed by atoms with van der Waals surface area (Å²) < 4.78 is 0. The Balaban J connectivity index is 1.89. The number of benzene rings is 1. The lowest BCUT2D eigenvalue weighted by molar-refractivity contribution is 0.0950.